The zero-order valence-corrected chi connectivity index (χ0v) is 22.6. The average Bonchev–Trinajstić information content (AvgIpc) is 2.99. The van der Waals surface area contributed by atoms with Gasteiger partial charge in [-0.2, -0.15) is 0 Å². The van der Waals surface area contributed by atoms with Crippen LogP contribution in [0.5, 0.6) is 0 Å². The van der Waals surface area contributed by atoms with Crippen LogP contribution in [0, 0.1) is 5.82 Å². The molecule has 0 aliphatic carbocycles. The molecule has 2 amide bonds. The van der Waals surface area contributed by atoms with Gasteiger partial charge in [0, 0.05) is 23.4 Å². The van der Waals surface area contributed by atoms with E-state index in [4.69, 9.17) is 5.11 Å². The maximum Gasteiger partial charge on any atom is 0.305 e. The number of fused-ring (bicyclic) bond motifs is 1. The van der Waals surface area contributed by atoms with Crippen molar-refractivity contribution in [2.75, 3.05) is 11.9 Å². The minimum atomic E-state index is -1.24. The first-order chi connectivity index (χ1) is 20.3. The van der Waals surface area contributed by atoms with Crippen molar-refractivity contribution >= 4 is 46.6 Å². The molecule has 10 nitrogen and oxygen atoms in total. The molecule has 0 aliphatic heterocycles. The maximum atomic E-state index is 14.5. The molecule has 2 atom stereocenters. The summed E-state index contributed by atoms with van der Waals surface area (Å²) in [5, 5.41) is 17.4. The number of nitrogens with one attached hydrogen (secondary N) is 3. The van der Waals surface area contributed by atoms with Crippen molar-refractivity contribution in [3.8, 4) is 0 Å². The molecule has 4 rings (SSSR count). The second-order valence-electron chi connectivity index (χ2n) is 9.62. The maximum absolute atomic E-state index is 14.5. The highest BCUT2D eigenvalue weighted by molar-refractivity contribution is 5.94. The number of rotatable bonds is 14. The normalized spacial score (nSPS) is 12.2. The van der Waals surface area contributed by atoms with Crippen LogP contribution in [0.4, 0.5) is 15.9 Å². The molecular weight excluding hydrogens is 541 g/mol. The van der Waals surface area contributed by atoms with Crippen LogP contribution in [0.15, 0.2) is 79.0 Å². The van der Waals surface area contributed by atoms with E-state index in [0.29, 0.717) is 37.1 Å². The van der Waals surface area contributed by atoms with Gasteiger partial charge < -0.3 is 25.9 Å². The van der Waals surface area contributed by atoms with Crippen molar-refractivity contribution in [1.82, 2.24) is 20.6 Å². The minimum absolute atomic E-state index is 0.155. The standard InChI is InChI=1S/C31H30FN5O5/c32-25-9-2-1-7-23(25)24(31(42)36-22(19-38)17-29(39)40)8-5-6-16-33-30(41)20-12-14-21(15-13-20)35-28-18-34-26-10-3-4-11-27(26)37-28/h1-4,7,9-15,18-19,22,24H,5-6,8,16-17H2,(H,33,41)(H,35,37)(H,36,42)(H,39,40)/t22-,24?/m0/s1. The Hall–Kier alpha value is -5.19. The first kappa shape index (κ1) is 29.8. The molecule has 0 spiro atoms. The number of hydrogen-bond donors (Lipinski definition) is 4. The zero-order chi connectivity index (χ0) is 29.9. The lowest BCUT2D eigenvalue weighted by Gasteiger charge is -2.20. The van der Waals surface area contributed by atoms with E-state index >= 15 is 0 Å². The quantitative estimate of drug-likeness (QED) is 0.129. The monoisotopic (exact) mass is 571 g/mol. The van der Waals surface area contributed by atoms with Crippen LogP contribution in [-0.2, 0) is 14.4 Å². The molecule has 0 aliphatic rings. The number of aromatic nitrogens is 2. The van der Waals surface area contributed by atoms with Crippen molar-refractivity contribution in [2.45, 2.75) is 37.6 Å². The fourth-order valence-corrected chi connectivity index (χ4v) is 4.44. The molecule has 0 saturated heterocycles. The van der Waals surface area contributed by atoms with Gasteiger partial charge in [-0.25, -0.2) is 9.37 Å². The van der Waals surface area contributed by atoms with E-state index in [1.54, 1.807) is 36.5 Å². The van der Waals surface area contributed by atoms with Gasteiger partial charge in [0.25, 0.3) is 5.91 Å². The third-order valence-corrected chi connectivity index (χ3v) is 6.56. The van der Waals surface area contributed by atoms with Gasteiger partial charge in [-0.05, 0) is 55.3 Å². The molecule has 11 heteroatoms. The van der Waals surface area contributed by atoms with E-state index in [1.807, 2.05) is 24.3 Å². The third-order valence-electron chi connectivity index (χ3n) is 6.56. The summed E-state index contributed by atoms with van der Waals surface area (Å²) in [6.45, 7) is 0.326. The minimum Gasteiger partial charge on any atom is -0.481 e. The molecule has 4 N–H and O–H groups in total. The molecule has 3 aromatic carbocycles. The number of anilines is 2. The summed E-state index contributed by atoms with van der Waals surface area (Å²) in [6, 6.07) is 19.1. The van der Waals surface area contributed by atoms with Crippen LogP contribution in [0.25, 0.3) is 11.0 Å². The van der Waals surface area contributed by atoms with Gasteiger partial charge in [0.2, 0.25) is 5.91 Å². The Kier molecular flexibility index (Phi) is 10.2. The molecule has 216 valence electrons. The van der Waals surface area contributed by atoms with Crippen molar-refractivity contribution in [2.24, 2.45) is 0 Å². The second-order valence-corrected chi connectivity index (χ2v) is 9.62. The Balaban J connectivity index is 1.27. The Labute approximate surface area is 241 Å². The van der Waals surface area contributed by atoms with Crippen molar-refractivity contribution < 1.29 is 28.7 Å². The SMILES string of the molecule is O=C[C@H](CC(=O)O)NC(=O)C(CCCCNC(=O)c1ccc(Nc2cnc3ccccc3n2)cc1)c1ccccc1F. The Morgan fingerprint density at radius 1 is 0.929 bits per heavy atom. The molecule has 0 bridgehead atoms. The number of hydrogen-bond acceptors (Lipinski definition) is 7. The zero-order valence-electron chi connectivity index (χ0n) is 22.6. The summed E-state index contributed by atoms with van der Waals surface area (Å²) in [7, 11) is 0. The number of amides is 2. The molecule has 0 fully saturated rings. The fourth-order valence-electron chi connectivity index (χ4n) is 4.44. The van der Waals surface area contributed by atoms with Crippen LogP contribution in [0.3, 0.4) is 0 Å². The summed E-state index contributed by atoms with van der Waals surface area (Å²) in [5.41, 5.74) is 2.93. The van der Waals surface area contributed by atoms with Crippen LogP contribution < -0.4 is 16.0 Å². The van der Waals surface area contributed by atoms with E-state index in [1.165, 1.54) is 18.2 Å². The van der Waals surface area contributed by atoms with Gasteiger partial charge in [-0.3, -0.25) is 19.4 Å². The van der Waals surface area contributed by atoms with Crippen molar-refractivity contribution in [3.63, 3.8) is 0 Å². The topological polar surface area (TPSA) is 150 Å². The Bertz CT molecular complexity index is 1560. The Morgan fingerprint density at radius 2 is 1.64 bits per heavy atom. The highest BCUT2D eigenvalue weighted by Crippen LogP contribution is 2.25. The first-order valence-corrected chi connectivity index (χ1v) is 13.4. The van der Waals surface area contributed by atoms with Gasteiger partial charge >= 0.3 is 5.97 Å². The van der Waals surface area contributed by atoms with E-state index in [2.05, 4.69) is 25.9 Å². The fraction of sp³-hybridized carbons (Fsp3) is 0.226. The predicted octanol–water partition coefficient (Wildman–Crippen LogP) is 4.35. The van der Waals surface area contributed by atoms with Crippen LogP contribution in [-0.4, -0.2) is 51.7 Å². The number of aldehydes is 1. The number of para-hydroxylation sites is 2. The van der Waals surface area contributed by atoms with Crippen LogP contribution >= 0.6 is 0 Å². The molecular formula is C31H30FN5O5. The van der Waals surface area contributed by atoms with Gasteiger partial charge in [0.1, 0.15) is 17.9 Å². The molecule has 1 unspecified atom stereocenters. The third kappa shape index (κ3) is 8.17. The number of unbranched alkanes of at least 4 members (excludes halogenated alkanes) is 1. The van der Waals surface area contributed by atoms with Crippen molar-refractivity contribution in [3.05, 3.63) is 95.9 Å². The van der Waals surface area contributed by atoms with Crippen molar-refractivity contribution in [1.29, 1.82) is 0 Å². The highest BCUT2D eigenvalue weighted by Gasteiger charge is 2.26. The lowest BCUT2D eigenvalue weighted by molar-refractivity contribution is -0.138. The van der Waals surface area contributed by atoms with E-state index in [9.17, 15) is 23.6 Å². The predicted molar refractivity (Wildman–Crippen MR) is 155 cm³/mol. The van der Waals surface area contributed by atoms with E-state index < -0.39 is 36.1 Å². The number of nitrogens with zero attached hydrogens (tertiary/aromatic N) is 2. The highest BCUT2D eigenvalue weighted by atomic mass is 19.1. The number of carbonyl (C=O) groups is 4. The molecule has 4 aromatic rings. The number of carbonyl (C=O) groups excluding carboxylic acids is 3. The molecule has 0 radical (unpaired) electrons. The summed E-state index contributed by atoms with van der Waals surface area (Å²) in [5.74, 6) is -3.06. The number of carboxylic acid groups (broad SMARTS) is 1. The van der Waals surface area contributed by atoms with Crippen LogP contribution in [0.2, 0.25) is 0 Å². The lowest BCUT2D eigenvalue weighted by Crippen LogP contribution is -2.40. The Morgan fingerprint density at radius 3 is 2.36 bits per heavy atom. The lowest BCUT2D eigenvalue weighted by atomic mass is 9.91. The summed E-state index contributed by atoms with van der Waals surface area (Å²) < 4.78 is 14.5. The van der Waals surface area contributed by atoms with E-state index in [0.717, 1.165) is 16.7 Å². The summed E-state index contributed by atoms with van der Waals surface area (Å²) in [6.07, 6.45) is 2.63. The molecule has 42 heavy (non-hydrogen) atoms. The molecule has 0 saturated carbocycles. The molecule has 1 heterocycles. The number of carboxylic acids is 1. The average molecular weight is 572 g/mol. The second kappa shape index (κ2) is 14.4. The van der Waals surface area contributed by atoms with Gasteiger partial charge in [0.15, 0.2) is 0 Å². The summed E-state index contributed by atoms with van der Waals surface area (Å²) in [4.78, 5) is 56.6. The smallest absolute Gasteiger partial charge is 0.305 e. The van der Waals surface area contributed by atoms with Gasteiger partial charge in [-0.1, -0.05) is 36.8 Å². The number of aliphatic carboxylic acids is 1. The number of benzene rings is 3. The largest absolute Gasteiger partial charge is 0.481 e. The number of halogens is 1. The first-order valence-electron chi connectivity index (χ1n) is 13.4. The molecule has 1 aromatic heterocycles. The van der Waals surface area contributed by atoms with Gasteiger partial charge in [0.05, 0.1) is 35.6 Å². The van der Waals surface area contributed by atoms with Crippen LogP contribution in [0.1, 0.15) is 47.5 Å². The van der Waals surface area contributed by atoms with Gasteiger partial charge in [-0.15, -0.1) is 0 Å². The van der Waals surface area contributed by atoms with E-state index in [-0.39, 0.29) is 17.9 Å². The summed E-state index contributed by atoms with van der Waals surface area (Å²) >= 11 is 0.